The summed E-state index contributed by atoms with van der Waals surface area (Å²) in [6.45, 7) is 6.40. The fourth-order valence-electron chi connectivity index (χ4n) is 1.11. The van der Waals surface area contributed by atoms with Crippen LogP contribution in [0.4, 0.5) is 0 Å². The Kier molecular flexibility index (Phi) is 5.52. The maximum Gasteiger partial charge on any atom is 0.103 e. The molecule has 0 amide bonds. The summed E-state index contributed by atoms with van der Waals surface area (Å²) in [6, 6.07) is 0. The standard InChI is InChI=1S/C10H18N2S2/c1-8(2)4-11-5-9-6-14-10(12-9)7-13-3/h6,8,11H,4-5,7H2,1-3H3. The molecule has 0 aromatic carbocycles. The lowest BCUT2D eigenvalue weighted by atomic mass is 10.2. The SMILES string of the molecule is CSCc1nc(CNCC(C)C)cs1. The number of hydrogen-bond donors (Lipinski definition) is 1. The van der Waals surface area contributed by atoms with Crippen molar-refractivity contribution in [2.75, 3.05) is 12.8 Å². The average Bonchev–Trinajstić information content (AvgIpc) is 2.53. The molecular weight excluding hydrogens is 212 g/mol. The first-order chi connectivity index (χ1) is 6.72. The first-order valence-corrected chi connectivity index (χ1v) is 7.12. The van der Waals surface area contributed by atoms with Crippen LogP contribution in [0, 0.1) is 5.92 Å². The van der Waals surface area contributed by atoms with Crippen molar-refractivity contribution >= 4 is 23.1 Å². The third-order valence-corrected chi connectivity index (χ3v) is 3.37. The molecule has 1 N–H and O–H groups in total. The van der Waals surface area contributed by atoms with Crippen molar-refractivity contribution < 1.29 is 0 Å². The monoisotopic (exact) mass is 230 g/mol. The summed E-state index contributed by atoms with van der Waals surface area (Å²) >= 11 is 3.59. The second-order valence-corrected chi connectivity index (χ2v) is 5.50. The van der Waals surface area contributed by atoms with Crippen LogP contribution in [-0.2, 0) is 12.3 Å². The van der Waals surface area contributed by atoms with E-state index >= 15 is 0 Å². The summed E-state index contributed by atoms with van der Waals surface area (Å²) in [6.07, 6.45) is 2.11. The molecule has 1 aromatic rings. The van der Waals surface area contributed by atoms with E-state index in [9.17, 15) is 0 Å². The van der Waals surface area contributed by atoms with Crippen molar-refractivity contribution in [2.24, 2.45) is 5.92 Å². The molecule has 1 aromatic heterocycles. The summed E-state index contributed by atoms with van der Waals surface area (Å²) in [7, 11) is 0. The normalized spacial score (nSPS) is 11.1. The quantitative estimate of drug-likeness (QED) is 0.813. The van der Waals surface area contributed by atoms with E-state index in [2.05, 4.69) is 35.8 Å². The van der Waals surface area contributed by atoms with Gasteiger partial charge in [0.25, 0.3) is 0 Å². The number of thiazole rings is 1. The lowest BCUT2D eigenvalue weighted by Gasteiger charge is -2.04. The molecule has 1 rings (SSSR count). The van der Waals surface area contributed by atoms with E-state index in [0.717, 1.165) is 18.8 Å². The molecule has 14 heavy (non-hydrogen) atoms. The van der Waals surface area contributed by atoms with Crippen LogP contribution in [0.1, 0.15) is 24.5 Å². The molecule has 0 bridgehead atoms. The largest absolute Gasteiger partial charge is 0.311 e. The minimum absolute atomic E-state index is 0.708. The molecular formula is C10H18N2S2. The number of nitrogens with one attached hydrogen (secondary N) is 1. The van der Waals surface area contributed by atoms with Gasteiger partial charge in [-0.1, -0.05) is 13.8 Å². The van der Waals surface area contributed by atoms with E-state index in [1.54, 1.807) is 11.3 Å². The van der Waals surface area contributed by atoms with Crippen LogP contribution in [0.15, 0.2) is 5.38 Å². The molecule has 0 unspecified atom stereocenters. The number of nitrogens with zero attached hydrogens (tertiary/aromatic N) is 1. The van der Waals surface area contributed by atoms with Gasteiger partial charge in [-0.25, -0.2) is 4.98 Å². The fraction of sp³-hybridized carbons (Fsp3) is 0.700. The molecule has 0 saturated heterocycles. The van der Waals surface area contributed by atoms with Crippen LogP contribution < -0.4 is 5.32 Å². The van der Waals surface area contributed by atoms with Crippen LogP contribution in [0.25, 0.3) is 0 Å². The van der Waals surface area contributed by atoms with Crippen molar-refractivity contribution in [3.05, 3.63) is 16.1 Å². The van der Waals surface area contributed by atoms with E-state index < -0.39 is 0 Å². The van der Waals surface area contributed by atoms with Gasteiger partial charge in [0.05, 0.1) is 5.69 Å². The van der Waals surface area contributed by atoms with Gasteiger partial charge in [-0.2, -0.15) is 11.8 Å². The van der Waals surface area contributed by atoms with Crippen LogP contribution in [0.5, 0.6) is 0 Å². The van der Waals surface area contributed by atoms with Crippen molar-refractivity contribution in [1.82, 2.24) is 10.3 Å². The first kappa shape index (κ1) is 12.0. The molecule has 0 atom stereocenters. The molecule has 2 nitrogen and oxygen atoms in total. The molecule has 0 radical (unpaired) electrons. The highest BCUT2D eigenvalue weighted by Crippen LogP contribution is 2.14. The number of hydrogen-bond acceptors (Lipinski definition) is 4. The van der Waals surface area contributed by atoms with Gasteiger partial charge in [-0.3, -0.25) is 0 Å². The Hall–Kier alpha value is -0.0600. The molecule has 4 heteroatoms. The van der Waals surface area contributed by atoms with Crippen LogP contribution in [0.2, 0.25) is 0 Å². The maximum absolute atomic E-state index is 4.53. The van der Waals surface area contributed by atoms with Crippen molar-refractivity contribution in [3.63, 3.8) is 0 Å². The van der Waals surface area contributed by atoms with E-state index in [4.69, 9.17) is 0 Å². The third kappa shape index (κ3) is 4.44. The van der Waals surface area contributed by atoms with E-state index in [1.807, 2.05) is 11.8 Å². The molecule has 80 valence electrons. The Morgan fingerprint density at radius 2 is 2.36 bits per heavy atom. The Morgan fingerprint density at radius 3 is 3.00 bits per heavy atom. The van der Waals surface area contributed by atoms with Gasteiger partial charge in [-0.15, -0.1) is 11.3 Å². The fourth-order valence-corrected chi connectivity index (χ4v) is 2.62. The lowest BCUT2D eigenvalue weighted by Crippen LogP contribution is -2.19. The number of aromatic nitrogens is 1. The van der Waals surface area contributed by atoms with Crippen molar-refractivity contribution in [1.29, 1.82) is 0 Å². The Labute approximate surface area is 94.5 Å². The zero-order valence-electron chi connectivity index (χ0n) is 9.04. The molecule has 0 fully saturated rings. The predicted octanol–water partition coefficient (Wildman–Crippen LogP) is 2.75. The molecule has 0 spiro atoms. The van der Waals surface area contributed by atoms with Gasteiger partial charge in [0, 0.05) is 17.7 Å². The van der Waals surface area contributed by atoms with Gasteiger partial charge in [0.15, 0.2) is 0 Å². The summed E-state index contributed by atoms with van der Waals surface area (Å²) in [5, 5.41) is 6.78. The Balaban J connectivity index is 2.28. The topological polar surface area (TPSA) is 24.9 Å². The lowest BCUT2D eigenvalue weighted by molar-refractivity contribution is 0.549. The summed E-state index contributed by atoms with van der Waals surface area (Å²) in [4.78, 5) is 4.53. The van der Waals surface area contributed by atoms with Gasteiger partial charge in [0.1, 0.15) is 5.01 Å². The average molecular weight is 230 g/mol. The minimum Gasteiger partial charge on any atom is -0.311 e. The number of rotatable bonds is 6. The van der Waals surface area contributed by atoms with Gasteiger partial charge < -0.3 is 5.32 Å². The predicted molar refractivity (Wildman–Crippen MR) is 65.9 cm³/mol. The van der Waals surface area contributed by atoms with E-state index in [0.29, 0.717) is 5.92 Å². The molecule has 0 aliphatic rings. The van der Waals surface area contributed by atoms with Crippen LogP contribution in [0.3, 0.4) is 0 Å². The highest BCUT2D eigenvalue weighted by molar-refractivity contribution is 7.97. The molecule has 0 saturated carbocycles. The third-order valence-electron chi connectivity index (χ3n) is 1.73. The highest BCUT2D eigenvalue weighted by Gasteiger charge is 2.01. The summed E-state index contributed by atoms with van der Waals surface area (Å²) in [5.74, 6) is 1.74. The minimum atomic E-state index is 0.708. The zero-order valence-corrected chi connectivity index (χ0v) is 10.7. The summed E-state index contributed by atoms with van der Waals surface area (Å²) < 4.78 is 0. The smallest absolute Gasteiger partial charge is 0.103 e. The molecule has 1 heterocycles. The second kappa shape index (κ2) is 6.43. The maximum atomic E-state index is 4.53. The van der Waals surface area contributed by atoms with Crippen molar-refractivity contribution in [2.45, 2.75) is 26.1 Å². The highest BCUT2D eigenvalue weighted by atomic mass is 32.2. The van der Waals surface area contributed by atoms with Gasteiger partial charge >= 0.3 is 0 Å². The van der Waals surface area contributed by atoms with E-state index in [1.165, 1.54) is 10.7 Å². The first-order valence-electron chi connectivity index (χ1n) is 4.85. The van der Waals surface area contributed by atoms with Crippen LogP contribution in [-0.4, -0.2) is 17.8 Å². The van der Waals surface area contributed by atoms with Crippen LogP contribution >= 0.6 is 23.1 Å². The van der Waals surface area contributed by atoms with Gasteiger partial charge in [-0.05, 0) is 18.7 Å². The zero-order chi connectivity index (χ0) is 10.4. The number of thioether (sulfide) groups is 1. The Bertz CT molecular complexity index is 258. The molecule has 0 aliphatic carbocycles. The van der Waals surface area contributed by atoms with Crippen molar-refractivity contribution in [3.8, 4) is 0 Å². The van der Waals surface area contributed by atoms with Gasteiger partial charge in [0.2, 0.25) is 0 Å². The van der Waals surface area contributed by atoms with E-state index in [-0.39, 0.29) is 0 Å². The summed E-state index contributed by atoms with van der Waals surface area (Å²) in [5.41, 5.74) is 1.18. The second-order valence-electron chi connectivity index (χ2n) is 3.69. The Morgan fingerprint density at radius 1 is 1.57 bits per heavy atom. The molecule has 0 aliphatic heterocycles.